The van der Waals surface area contributed by atoms with Gasteiger partial charge in [0.05, 0.1) is 11.1 Å². The molecule has 148 valence electrons. The summed E-state index contributed by atoms with van der Waals surface area (Å²) in [6.07, 6.45) is 3.62. The summed E-state index contributed by atoms with van der Waals surface area (Å²) in [5.74, 6) is -1.60. The number of rotatable bonds is 9. The lowest BCUT2D eigenvalue weighted by Gasteiger charge is -2.21. The Bertz CT molecular complexity index is 884. The summed E-state index contributed by atoms with van der Waals surface area (Å²) < 4.78 is 5.52. The Kier molecular flexibility index (Phi) is 7.21. The van der Waals surface area contributed by atoms with Crippen molar-refractivity contribution in [3.05, 3.63) is 65.2 Å². The number of carbonyl (C=O) groups is 2. The molecule has 0 saturated carbocycles. The second-order valence-electron chi connectivity index (χ2n) is 6.10. The van der Waals surface area contributed by atoms with Gasteiger partial charge in [0.2, 0.25) is 0 Å². The number of aromatic carboxylic acids is 1. The Morgan fingerprint density at radius 3 is 2.29 bits per heavy atom. The highest BCUT2D eigenvalue weighted by molar-refractivity contribution is 6.15. The minimum Gasteiger partial charge on any atom is -0.507 e. The first kappa shape index (κ1) is 21.0. The molecule has 0 aliphatic carbocycles. The molecule has 0 unspecified atom stereocenters. The summed E-state index contributed by atoms with van der Waals surface area (Å²) in [4.78, 5) is 26.6. The van der Waals surface area contributed by atoms with Crippen LogP contribution in [0.2, 0.25) is 0 Å². The number of anilines is 1. The molecule has 0 spiro atoms. The first-order valence-corrected chi connectivity index (χ1v) is 9.16. The van der Waals surface area contributed by atoms with Crippen LogP contribution in [0.5, 0.6) is 11.5 Å². The maximum absolute atomic E-state index is 13.0. The van der Waals surface area contributed by atoms with Crippen molar-refractivity contribution in [3.8, 4) is 11.5 Å². The van der Waals surface area contributed by atoms with Gasteiger partial charge in [-0.1, -0.05) is 12.2 Å². The molecule has 0 heterocycles. The van der Waals surface area contributed by atoms with Crippen LogP contribution in [0.3, 0.4) is 0 Å². The van der Waals surface area contributed by atoms with E-state index >= 15 is 0 Å². The number of aromatic hydroxyl groups is 1. The quantitative estimate of drug-likeness (QED) is 0.500. The molecule has 0 bridgehead atoms. The molecule has 6 heteroatoms. The van der Waals surface area contributed by atoms with Gasteiger partial charge in [0.15, 0.2) is 5.78 Å². The molecule has 0 radical (unpaired) electrons. The first-order valence-electron chi connectivity index (χ1n) is 9.16. The van der Waals surface area contributed by atoms with Crippen LogP contribution in [0.15, 0.2) is 48.6 Å². The van der Waals surface area contributed by atoms with Crippen molar-refractivity contribution >= 4 is 17.4 Å². The molecule has 0 fully saturated rings. The van der Waals surface area contributed by atoms with E-state index in [1.54, 1.807) is 12.1 Å². The van der Waals surface area contributed by atoms with Crippen molar-refractivity contribution in [2.24, 2.45) is 0 Å². The lowest BCUT2D eigenvalue weighted by molar-refractivity contribution is 0.0692. The van der Waals surface area contributed by atoms with Gasteiger partial charge in [-0.25, -0.2) is 4.79 Å². The second kappa shape index (κ2) is 9.60. The molecule has 0 aliphatic rings. The van der Waals surface area contributed by atoms with E-state index in [0.29, 0.717) is 12.4 Å². The minimum absolute atomic E-state index is 0.0311. The molecule has 0 aromatic heterocycles. The average Bonchev–Trinajstić information content (AvgIpc) is 2.68. The number of hydrogen-bond acceptors (Lipinski definition) is 5. The molecule has 28 heavy (non-hydrogen) atoms. The predicted octanol–water partition coefficient (Wildman–Crippen LogP) is 4.12. The zero-order valence-electron chi connectivity index (χ0n) is 16.3. The van der Waals surface area contributed by atoms with Crippen molar-refractivity contribution in [2.75, 3.05) is 24.6 Å². The number of ether oxygens (including phenoxy) is 1. The smallest absolute Gasteiger partial charge is 0.336 e. The third-order valence-corrected chi connectivity index (χ3v) is 4.40. The van der Waals surface area contributed by atoms with Crippen LogP contribution in [-0.2, 0) is 0 Å². The number of carbonyl (C=O) groups excluding carboxylic acids is 1. The third kappa shape index (κ3) is 4.71. The van der Waals surface area contributed by atoms with Crippen LogP contribution >= 0.6 is 0 Å². The van der Waals surface area contributed by atoms with E-state index in [1.165, 1.54) is 30.3 Å². The maximum atomic E-state index is 13.0. The van der Waals surface area contributed by atoms with Crippen LogP contribution in [0.4, 0.5) is 5.69 Å². The molecule has 2 rings (SSSR count). The molecule has 6 nitrogen and oxygen atoms in total. The summed E-state index contributed by atoms with van der Waals surface area (Å²) in [6, 6.07) is 9.02. The number of hydrogen-bond donors (Lipinski definition) is 2. The Morgan fingerprint density at radius 1 is 1.04 bits per heavy atom. The monoisotopic (exact) mass is 383 g/mol. The molecule has 2 N–H and O–H groups in total. The van der Waals surface area contributed by atoms with Gasteiger partial charge in [-0.15, -0.1) is 0 Å². The van der Waals surface area contributed by atoms with E-state index in [0.717, 1.165) is 18.8 Å². The second-order valence-corrected chi connectivity index (χ2v) is 6.10. The number of phenols is 1. The number of phenolic OH excluding ortho intramolecular Hbond substituents is 1. The predicted molar refractivity (Wildman–Crippen MR) is 109 cm³/mol. The summed E-state index contributed by atoms with van der Waals surface area (Å²) in [5.41, 5.74) is 0.664. The molecular weight excluding hydrogens is 358 g/mol. The van der Waals surface area contributed by atoms with Gasteiger partial charge >= 0.3 is 5.97 Å². The Hall–Kier alpha value is -3.28. The Balaban J connectivity index is 2.43. The van der Waals surface area contributed by atoms with E-state index < -0.39 is 11.8 Å². The zero-order chi connectivity index (χ0) is 20.7. The zero-order valence-corrected chi connectivity index (χ0v) is 16.3. The van der Waals surface area contributed by atoms with Gasteiger partial charge in [0, 0.05) is 30.4 Å². The molecular formula is C22H25NO5. The number of nitrogens with zero attached hydrogens (tertiary/aromatic N) is 1. The topological polar surface area (TPSA) is 87.1 Å². The molecule has 0 atom stereocenters. The highest BCUT2D eigenvalue weighted by atomic mass is 16.5. The van der Waals surface area contributed by atoms with Crippen LogP contribution in [0, 0.1) is 0 Å². The van der Waals surface area contributed by atoms with E-state index in [2.05, 4.69) is 0 Å². The molecule has 0 aliphatic heterocycles. The largest absolute Gasteiger partial charge is 0.507 e. The average molecular weight is 383 g/mol. The lowest BCUT2D eigenvalue weighted by Crippen LogP contribution is -2.21. The van der Waals surface area contributed by atoms with Crippen LogP contribution < -0.4 is 9.64 Å². The Labute approximate surface area is 164 Å². The number of allylic oxidation sites excluding steroid dienone is 1. The van der Waals surface area contributed by atoms with E-state index in [9.17, 15) is 19.8 Å². The Morgan fingerprint density at radius 2 is 1.71 bits per heavy atom. The SMILES string of the molecule is CC=CCOc1ccc(C(=O)O)c(C(=O)c2ccc(N(CC)CC)cc2O)c1. The molecule has 0 amide bonds. The van der Waals surface area contributed by atoms with Crippen molar-refractivity contribution in [1.29, 1.82) is 0 Å². The number of ketones is 1. The first-order chi connectivity index (χ1) is 13.4. The molecule has 2 aromatic rings. The van der Waals surface area contributed by atoms with Crippen molar-refractivity contribution in [2.45, 2.75) is 20.8 Å². The van der Waals surface area contributed by atoms with Gasteiger partial charge in [-0.2, -0.15) is 0 Å². The van der Waals surface area contributed by atoms with Crippen molar-refractivity contribution in [3.63, 3.8) is 0 Å². The standard InChI is InChI=1S/C22H25NO5/c1-4-7-12-28-16-9-11-17(22(26)27)19(14-16)21(25)18-10-8-15(13-20(18)24)23(5-2)6-3/h4,7-11,13-14,24H,5-6,12H2,1-3H3,(H,26,27). The highest BCUT2D eigenvalue weighted by Gasteiger charge is 2.22. The van der Waals surface area contributed by atoms with Crippen molar-refractivity contribution in [1.82, 2.24) is 0 Å². The fourth-order valence-electron chi connectivity index (χ4n) is 2.87. The van der Waals surface area contributed by atoms with E-state index in [-0.39, 0.29) is 22.4 Å². The van der Waals surface area contributed by atoms with Gasteiger partial charge in [-0.05, 0) is 51.1 Å². The van der Waals surface area contributed by atoms with Crippen LogP contribution in [0.25, 0.3) is 0 Å². The molecule has 2 aromatic carbocycles. The summed E-state index contributed by atoms with van der Waals surface area (Å²) in [6.45, 7) is 7.68. The van der Waals surface area contributed by atoms with Gasteiger partial charge in [0.25, 0.3) is 0 Å². The number of carboxylic acids is 1. The van der Waals surface area contributed by atoms with Crippen LogP contribution in [-0.4, -0.2) is 41.7 Å². The summed E-state index contributed by atoms with van der Waals surface area (Å²) >= 11 is 0. The number of carboxylic acid groups (broad SMARTS) is 1. The fraction of sp³-hybridized carbons (Fsp3) is 0.273. The lowest BCUT2D eigenvalue weighted by atomic mass is 9.97. The number of benzene rings is 2. The van der Waals surface area contributed by atoms with Gasteiger partial charge in [-0.3, -0.25) is 4.79 Å². The maximum Gasteiger partial charge on any atom is 0.336 e. The summed E-state index contributed by atoms with van der Waals surface area (Å²) in [7, 11) is 0. The fourth-order valence-corrected chi connectivity index (χ4v) is 2.87. The minimum atomic E-state index is -1.22. The van der Waals surface area contributed by atoms with Gasteiger partial charge < -0.3 is 19.8 Å². The normalized spacial score (nSPS) is 10.8. The van der Waals surface area contributed by atoms with Gasteiger partial charge in [0.1, 0.15) is 18.1 Å². The van der Waals surface area contributed by atoms with Crippen LogP contribution in [0.1, 0.15) is 47.1 Å². The third-order valence-electron chi connectivity index (χ3n) is 4.40. The van der Waals surface area contributed by atoms with Crippen molar-refractivity contribution < 1.29 is 24.5 Å². The molecule has 0 saturated heterocycles. The van der Waals surface area contributed by atoms with E-state index in [4.69, 9.17) is 4.74 Å². The summed E-state index contributed by atoms with van der Waals surface area (Å²) in [5, 5.41) is 19.8. The van der Waals surface area contributed by atoms with E-state index in [1.807, 2.05) is 31.7 Å². The highest BCUT2D eigenvalue weighted by Crippen LogP contribution is 2.29.